The maximum absolute atomic E-state index is 12.3. The molecule has 2 heterocycles. The largest absolute Gasteiger partial charge is 0.352 e. The molecule has 1 aromatic carbocycles. The second-order valence-corrected chi connectivity index (χ2v) is 6.91. The van der Waals surface area contributed by atoms with Crippen LogP contribution in [0.25, 0.3) is 10.2 Å². The van der Waals surface area contributed by atoms with Gasteiger partial charge in [-0.15, -0.1) is 11.3 Å². The number of hydrogen-bond donors (Lipinski definition) is 2. The minimum Gasteiger partial charge on any atom is -0.352 e. The highest BCUT2D eigenvalue weighted by molar-refractivity contribution is 7.17. The van der Waals surface area contributed by atoms with Gasteiger partial charge in [0.25, 0.3) is 5.56 Å². The summed E-state index contributed by atoms with van der Waals surface area (Å²) in [6.45, 7) is 0.619. The van der Waals surface area contributed by atoms with E-state index in [4.69, 9.17) is 11.6 Å². The fourth-order valence-corrected chi connectivity index (χ4v) is 3.39. The highest BCUT2D eigenvalue weighted by Crippen LogP contribution is 2.12. The second kappa shape index (κ2) is 7.67. The minimum atomic E-state index is -0.447. The van der Waals surface area contributed by atoms with Crippen molar-refractivity contribution >= 4 is 39.1 Å². The molecule has 0 aliphatic rings. The SMILES string of the molecule is O=C(CCCn1c(=O)[nH]c2ccsc2c1=O)NCc1ccc(Cl)cc1. The summed E-state index contributed by atoms with van der Waals surface area (Å²) in [5.74, 6) is -0.128. The number of thiophene rings is 1. The third-order valence-corrected chi connectivity index (χ3v) is 4.93. The summed E-state index contributed by atoms with van der Waals surface area (Å²) in [6.07, 6.45) is 0.647. The van der Waals surface area contributed by atoms with Crippen LogP contribution in [-0.4, -0.2) is 15.5 Å². The molecule has 0 aliphatic carbocycles. The third kappa shape index (κ3) is 4.18. The number of carbonyl (C=O) groups excluding carboxylic acids is 1. The first-order valence-corrected chi connectivity index (χ1v) is 9.02. The van der Waals surface area contributed by atoms with Gasteiger partial charge in [-0.2, -0.15) is 0 Å². The van der Waals surface area contributed by atoms with E-state index in [-0.39, 0.29) is 24.4 Å². The molecule has 0 radical (unpaired) electrons. The summed E-state index contributed by atoms with van der Waals surface area (Å²) in [5.41, 5.74) is 0.748. The first kappa shape index (κ1) is 17.4. The zero-order valence-corrected chi connectivity index (χ0v) is 14.8. The third-order valence-electron chi connectivity index (χ3n) is 3.78. The summed E-state index contributed by atoms with van der Waals surface area (Å²) in [6, 6.07) is 8.93. The van der Waals surface area contributed by atoms with Crippen molar-refractivity contribution in [2.24, 2.45) is 0 Å². The number of aromatic nitrogens is 2. The molecule has 130 valence electrons. The van der Waals surface area contributed by atoms with Crippen molar-refractivity contribution in [2.45, 2.75) is 25.9 Å². The summed E-state index contributed by atoms with van der Waals surface area (Å²) in [7, 11) is 0. The van der Waals surface area contributed by atoms with Crippen molar-refractivity contribution in [1.82, 2.24) is 14.9 Å². The Morgan fingerprint density at radius 1 is 1.20 bits per heavy atom. The normalized spacial score (nSPS) is 10.9. The number of H-pyrrole nitrogens is 1. The number of nitrogens with one attached hydrogen (secondary N) is 2. The van der Waals surface area contributed by atoms with E-state index in [0.29, 0.717) is 28.2 Å². The maximum Gasteiger partial charge on any atom is 0.328 e. The lowest BCUT2D eigenvalue weighted by Crippen LogP contribution is -2.35. The van der Waals surface area contributed by atoms with Crippen LogP contribution >= 0.6 is 22.9 Å². The van der Waals surface area contributed by atoms with Crippen LogP contribution in [0.2, 0.25) is 5.02 Å². The molecule has 0 unspecified atom stereocenters. The molecule has 8 heteroatoms. The van der Waals surface area contributed by atoms with Crippen molar-refractivity contribution < 1.29 is 4.79 Å². The van der Waals surface area contributed by atoms with Crippen molar-refractivity contribution in [3.63, 3.8) is 0 Å². The molecular formula is C17H16ClN3O3S. The van der Waals surface area contributed by atoms with Crippen LogP contribution in [0.4, 0.5) is 0 Å². The number of benzene rings is 1. The van der Waals surface area contributed by atoms with E-state index in [1.54, 1.807) is 23.6 Å². The standard InChI is InChI=1S/C17H16ClN3O3S/c18-12-5-3-11(4-6-12)10-19-14(22)2-1-8-21-16(23)15-13(7-9-25-15)20-17(21)24/h3-7,9H,1-2,8,10H2,(H,19,22)(H,20,24). The summed E-state index contributed by atoms with van der Waals surface area (Å²) in [4.78, 5) is 38.8. The van der Waals surface area contributed by atoms with E-state index in [2.05, 4.69) is 10.3 Å². The number of rotatable bonds is 6. The first-order valence-electron chi connectivity index (χ1n) is 7.76. The van der Waals surface area contributed by atoms with Crippen molar-refractivity contribution in [2.75, 3.05) is 0 Å². The van der Waals surface area contributed by atoms with E-state index >= 15 is 0 Å². The fourth-order valence-electron chi connectivity index (χ4n) is 2.46. The molecule has 2 aromatic heterocycles. The van der Waals surface area contributed by atoms with Crippen LogP contribution in [-0.2, 0) is 17.9 Å². The molecule has 0 saturated carbocycles. The van der Waals surface area contributed by atoms with Gasteiger partial charge in [0, 0.05) is 24.5 Å². The van der Waals surface area contributed by atoms with E-state index in [9.17, 15) is 14.4 Å². The van der Waals surface area contributed by atoms with Crippen LogP contribution in [0.3, 0.4) is 0 Å². The molecule has 0 spiro atoms. The molecule has 1 amide bonds. The smallest absolute Gasteiger partial charge is 0.328 e. The predicted molar refractivity (Wildman–Crippen MR) is 99.2 cm³/mol. The number of fused-ring (bicyclic) bond motifs is 1. The number of halogens is 1. The van der Waals surface area contributed by atoms with E-state index < -0.39 is 5.69 Å². The zero-order valence-electron chi connectivity index (χ0n) is 13.3. The monoisotopic (exact) mass is 377 g/mol. The van der Waals surface area contributed by atoms with Gasteiger partial charge < -0.3 is 10.3 Å². The first-order chi connectivity index (χ1) is 12.0. The van der Waals surface area contributed by atoms with Gasteiger partial charge in [0.05, 0.1) is 5.52 Å². The topological polar surface area (TPSA) is 84.0 Å². The minimum absolute atomic E-state index is 0.128. The van der Waals surface area contributed by atoms with Crippen LogP contribution in [0, 0.1) is 0 Å². The molecule has 0 atom stereocenters. The summed E-state index contributed by atoms with van der Waals surface area (Å²) in [5, 5.41) is 5.21. The van der Waals surface area contributed by atoms with Crippen molar-refractivity contribution in [1.29, 1.82) is 0 Å². The number of aromatic amines is 1. The lowest BCUT2D eigenvalue weighted by Gasteiger charge is -2.07. The van der Waals surface area contributed by atoms with Gasteiger partial charge in [0.15, 0.2) is 0 Å². The maximum atomic E-state index is 12.3. The Balaban J connectivity index is 1.54. The lowest BCUT2D eigenvalue weighted by molar-refractivity contribution is -0.121. The highest BCUT2D eigenvalue weighted by Gasteiger charge is 2.09. The van der Waals surface area contributed by atoms with Crippen LogP contribution in [0.5, 0.6) is 0 Å². The Morgan fingerprint density at radius 2 is 1.96 bits per heavy atom. The van der Waals surface area contributed by atoms with Crippen molar-refractivity contribution in [3.8, 4) is 0 Å². The quantitative estimate of drug-likeness (QED) is 0.692. The zero-order chi connectivity index (χ0) is 17.8. The molecule has 0 saturated heterocycles. The predicted octanol–water partition coefficient (Wildman–Crippen LogP) is 2.50. The fraction of sp³-hybridized carbons (Fsp3) is 0.235. The summed E-state index contributed by atoms with van der Waals surface area (Å²) >= 11 is 7.10. The Hall–Kier alpha value is -2.38. The molecule has 3 aromatic rings. The molecule has 6 nitrogen and oxygen atoms in total. The Bertz CT molecular complexity index is 1000. The number of hydrogen-bond acceptors (Lipinski definition) is 4. The van der Waals surface area contributed by atoms with Crippen LogP contribution in [0.15, 0.2) is 45.3 Å². The molecule has 0 aliphatic heterocycles. The number of nitrogens with zero attached hydrogens (tertiary/aromatic N) is 1. The van der Waals surface area contributed by atoms with Gasteiger partial charge >= 0.3 is 5.69 Å². The van der Waals surface area contributed by atoms with E-state index in [1.807, 2.05) is 12.1 Å². The molecule has 0 bridgehead atoms. The van der Waals surface area contributed by atoms with Gasteiger partial charge in [-0.3, -0.25) is 14.2 Å². The average Bonchev–Trinajstić information content (AvgIpc) is 3.06. The molecular weight excluding hydrogens is 362 g/mol. The highest BCUT2D eigenvalue weighted by atomic mass is 35.5. The Morgan fingerprint density at radius 3 is 2.72 bits per heavy atom. The second-order valence-electron chi connectivity index (χ2n) is 5.56. The molecule has 0 fully saturated rings. The molecule has 25 heavy (non-hydrogen) atoms. The van der Waals surface area contributed by atoms with E-state index in [0.717, 1.165) is 10.1 Å². The number of amides is 1. The van der Waals surface area contributed by atoms with Crippen LogP contribution in [0.1, 0.15) is 18.4 Å². The Kier molecular flexibility index (Phi) is 5.35. The molecule has 2 N–H and O–H groups in total. The van der Waals surface area contributed by atoms with Gasteiger partial charge in [-0.25, -0.2) is 4.79 Å². The van der Waals surface area contributed by atoms with Crippen molar-refractivity contribution in [3.05, 3.63) is 67.1 Å². The van der Waals surface area contributed by atoms with Gasteiger partial charge in [-0.1, -0.05) is 23.7 Å². The average molecular weight is 378 g/mol. The van der Waals surface area contributed by atoms with Crippen LogP contribution < -0.4 is 16.6 Å². The summed E-state index contributed by atoms with van der Waals surface area (Å²) < 4.78 is 1.66. The lowest BCUT2D eigenvalue weighted by atomic mass is 10.2. The van der Waals surface area contributed by atoms with Gasteiger partial charge in [0.1, 0.15) is 4.70 Å². The van der Waals surface area contributed by atoms with Gasteiger partial charge in [0.2, 0.25) is 5.91 Å². The van der Waals surface area contributed by atoms with Gasteiger partial charge in [-0.05, 0) is 35.6 Å². The Labute approximate surface area is 152 Å². The molecule has 3 rings (SSSR count). The van der Waals surface area contributed by atoms with E-state index in [1.165, 1.54) is 11.3 Å². The number of carbonyl (C=O) groups is 1.